The molecular weight excluding hydrogens is 455 g/mol. The zero-order chi connectivity index (χ0) is 18.8. The quantitative estimate of drug-likeness (QED) is 0.255. The second-order valence-electron chi connectivity index (χ2n) is 6.90. The normalized spacial score (nSPS) is 15.6. The second-order valence-corrected chi connectivity index (χ2v) is 6.90. The van der Waals surface area contributed by atoms with Crippen LogP contribution in [0.15, 0.2) is 41.9 Å². The first kappa shape index (κ1) is 23.7. The molecule has 0 bridgehead atoms. The largest absolute Gasteiger partial charge is 0.489 e. The van der Waals surface area contributed by atoms with Gasteiger partial charge in [0.2, 0.25) is 0 Å². The molecule has 0 aromatic heterocycles. The van der Waals surface area contributed by atoms with Crippen LogP contribution in [0.25, 0.3) is 0 Å². The Morgan fingerprint density at radius 1 is 1.30 bits per heavy atom. The van der Waals surface area contributed by atoms with Crippen LogP contribution in [-0.2, 0) is 11.3 Å². The lowest BCUT2D eigenvalue weighted by Crippen LogP contribution is -2.56. The molecule has 1 aliphatic heterocycles. The molecule has 1 aromatic rings. The SMILES string of the molecule is C=CCOc1ccccc1CNC(=NC)NCC(C)(C)N1CCOCC1.I. The molecule has 2 N–H and O–H groups in total. The summed E-state index contributed by atoms with van der Waals surface area (Å²) in [5, 5.41) is 6.81. The molecule has 6 nitrogen and oxygen atoms in total. The number of aliphatic imine (C=N–C) groups is 1. The summed E-state index contributed by atoms with van der Waals surface area (Å²) in [7, 11) is 1.79. The molecule has 1 saturated heterocycles. The Balaban J connectivity index is 0.00000364. The van der Waals surface area contributed by atoms with E-state index in [4.69, 9.17) is 9.47 Å². The fraction of sp³-hybridized carbons (Fsp3) is 0.550. The molecule has 0 atom stereocenters. The van der Waals surface area contributed by atoms with E-state index in [1.54, 1.807) is 13.1 Å². The van der Waals surface area contributed by atoms with E-state index in [9.17, 15) is 0 Å². The van der Waals surface area contributed by atoms with Gasteiger partial charge in [0.1, 0.15) is 12.4 Å². The maximum atomic E-state index is 5.71. The number of morpholine rings is 1. The van der Waals surface area contributed by atoms with Crippen LogP contribution in [0.4, 0.5) is 0 Å². The van der Waals surface area contributed by atoms with Crippen molar-refractivity contribution >= 4 is 29.9 Å². The predicted molar refractivity (Wildman–Crippen MR) is 122 cm³/mol. The zero-order valence-corrected chi connectivity index (χ0v) is 19.0. The predicted octanol–water partition coefficient (Wildman–Crippen LogP) is 2.65. The summed E-state index contributed by atoms with van der Waals surface area (Å²) in [5.41, 5.74) is 1.12. The monoisotopic (exact) mass is 488 g/mol. The van der Waals surface area contributed by atoms with Crippen LogP contribution in [0.3, 0.4) is 0 Å². The number of para-hydroxylation sites is 1. The van der Waals surface area contributed by atoms with Gasteiger partial charge in [-0.1, -0.05) is 30.9 Å². The number of nitrogens with zero attached hydrogens (tertiary/aromatic N) is 2. The van der Waals surface area contributed by atoms with Crippen molar-refractivity contribution < 1.29 is 9.47 Å². The highest BCUT2D eigenvalue weighted by molar-refractivity contribution is 14.0. The first-order valence-corrected chi connectivity index (χ1v) is 9.16. The molecule has 27 heavy (non-hydrogen) atoms. The summed E-state index contributed by atoms with van der Waals surface area (Å²) in [4.78, 5) is 6.79. The van der Waals surface area contributed by atoms with E-state index in [1.165, 1.54) is 0 Å². The van der Waals surface area contributed by atoms with Crippen LogP contribution < -0.4 is 15.4 Å². The molecule has 0 unspecified atom stereocenters. The summed E-state index contributed by atoms with van der Waals surface area (Å²) in [5.74, 6) is 1.65. The first-order valence-electron chi connectivity index (χ1n) is 9.16. The lowest BCUT2D eigenvalue weighted by atomic mass is 10.0. The highest BCUT2D eigenvalue weighted by Crippen LogP contribution is 2.18. The third kappa shape index (κ3) is 7.67. The zero-order valence-electron chi connectivity index (χ0n) is 16.7. The van der Waals surface area contributed by atoms with E-state index >= 15 is 0 Å². The minimum absolute atomic E-state index is 0. The van der Waals surface area contributed by atoms with Crippen LogP contribution in [0.1, 0.15) is 19.4 Å². The van der Waals surface area contributed by atoms with Crippen molar-refractivity contribution in [1.82, 2.24) is 15.5 Å². The number of nitrogens with one attached hydrogen (secondary N) is 2. The third-order valence-electron chi connectivity index (χ3n) is 4.55. The Kier molecular flexibility index (Phi) is 10.7. The van der Waals surface area contributed by atoms with Gasteiger partial charge in [-0.3, -0.25) is 9.89 Å². The Bertz CT molecular complexity index is 601. The maximum Gasteiger partial charge on any atom is 0.191 e. The van der Waals surface area contributed by atoms with Gasteiger partial charge in [-0.2, -0.15) is 0 Å². The van der Waals surface area contributed by atoms with Gasteiger partial charge in [-0.15, -0.1) is 24.0 Å². The number of guanidine groups is 1. The molecule has 0 saturated carbocycles. The molecule has 0 radical (unpaired) electrons. The number of hydrogen-bond donors (Lipinski definition) is 2. The van der Waals surface area contributed by atoms with Gasteiger partial charge in [-0.05, 0) is 19.9 Å². The van der Waals surface area contributed by atoms with Gasteiger partial charge in [-0.25, -0.2) is 0 Å². The number of benzene rings is 1. The highest BCUT2D eigenvalue weighted by Gasteiger charge is 2.28. The molecule has 1 heterocycles. The fourth-order valence-corrected chi connectivity index (χ4v) is 2.92. The minimum Gasteiger partial charge on any atom is -0.489 e. The molecule has 7 heteroatoms. The van der Waals surface area contributed by atoms with Crippen molar-refractivity contribution in [2.75, 3.05) is 46.5 Å². The van der Waals surface area contributed by atoms with Crippen LogP contribution in [0, 0.1) is 0 Å². The molecule has 152 valence electrons. The van der Waals surface area contributed by atoms with Gasteiger partial charge in [0.05, 0.1) is 13.2 Å². The number of rotatable bonds is 8. The van der Waals surface area contributed by atoms with Crippen LogP contribution in [0.5, 0.6) is 5.75 Å². The Morgan fingerprint density at radius 3 is 2.67 bits per heavy atom. The Hall–Kier alpha value is -1.32. The molecule has 1 fully saturated rings. The van der Waals surface area contributed by atoms with E-state index in [-0.39, 0.29) is 29.5 Å². The number of ether oxygens (including phenoxy) is 2. The molecule has 1 aliphatic rings. The van der Waals surface area contributed by atoms with Crippen molar-refractivity contribution in [2.45, 2.75) is 25.9 Å². The van der Waals surface area contributed by atoms with Crippen molar-refractivity contribution in [3.63, 3.8) is 0 Å². The smallest absolute Gasteiger partial charge is 0.191 e. The molecular formula is C20H33IN4O2. The van der Waals surface area contributed by atoms with E-state index in [2.05, 4.69) is 47.0 Å². The van der Waals surface area contributed by atoms with Crippen molar-refractivity contribution in [3.8, 4) is 5.75 Å². The van der Waals surface area contributed by atoms with Crippen molar-refractivity contribution in [3.05, 3.63) is 42.5 Å². The summed E-state index contributed by atoms with van der Waals surface area (Å²) in [6.07, 6.45) is 1.75. The van der Waals surface area contributed by atoms with Crippen molar-refractivity contribution in [1.29, 1.82) is 0 Å². The minimum atomic E-state index is 0. The van der Waals surface area contributed by atoms with Gasteiger partial charge in [0.15, 0.2) is 5.96 Å². The highest BCUT2D eigenvalue weighted by atomic mass is 127. The molecule has 0 aliphatic carbocycles. The molecule has 2 rings (SSSR count). The lowest BCUT2D eigenvalue weighted by molar-refractivity contribution is -0.00834. The van der Waals surface area contributed by atoms with Gasteiger partial charge >= 0.3 is 0 Å². The standard InChI is InChI=1S/C20H32N4O2.HI/c1-5-12-26-18-9-7-6-8-17(18)15-22-19(21-4)23-16-20(2,3)24-10-13-25-14-11-24;/h5-9H,1,10-16H2,2-4H3,(H2,21,22,23);1H. The van der Waals surface area contributed by atoms with E-state index in [0.717, 1.165) is 50.1 Å². The van der Waals surface area contributed by atoms with E-state index in [0.29, 0.717) is 13.2 Å². The summed E-state index contributed by atoms with van der Waals surface area (Å²) >= 11 is 0. The van der Waals surface area contributed by atoms with Gasteiger partial charge < -0.3 is 20.1 Å². The topological polar surface area (TPSA) is 58.1 Å². The van der Waals surface area contributed by atoms with Crippen LogP contribution in [0.2, 0.25) is 0 Å². The van der Waals surface area contributed by atoms with Crippen LogP contribution in [-0.4, -0.2) is 62.9 Å². The summed E-state index contributed by atoms with van der Waals surface area (Å²) < 4.78 is 11.2. The Morgan fingerprint density at radius 2 is 2.00 bits per heavy atom. The summed E-state index contributed by atoms with van der Waals surface area (Å²) in [6, 6.07) is 8.00. The molecule has 0 amide bonds. The number of hydrogen-bond acceptors (Lipinski definition) is 4. The molecule has 0 spiro atoms. The number of halogens is 1. The molecule has 1 aromatic carbocycles. The summed E-state index contributed by atoms with van der Waals surface area (Å²) in [6.45, 7) is 13.7. The Labute approximate surface area is 180 Å². The lowest BCUT2D eigenvalue weighted by Gasteiger charge is -2.41. The third-order valence-corrected chi connectivity index (χ3v) is 4.55. The van der Waals surface area contributed by atoms with E-state index in [1.807, 2.05) is 18.2 Å². The average molecular weight is 488 g/mol. The van der Waals surface area contributed by atoms with Gasteiger partial charge in [0, 0.05) is 44.3 Å². The van der Waals surface area contributed by atoms with E-state index < -0.39 is 0 Å². The fourth-order valence-electron chi connectivity index (χ4n) is 2.92. The van der Waals surface area contributed by atoms with Crippen LogP contribution >= 0.6 is 24.0 Å². The average Bonchev–Trinajstić information content (AvgIpc) is 2.68. The maximum absolute atomic E-state index is 5.71. The van der Waals surface area contributed by atoms with Crippen molar-refractivity contribution in [2.24, 2.45) is 4.99 Å². The van der Waals surface area contributed by atoms with Gasteiger partial charge in [0.25, 0.3) is 0 Å². The first-order chi connectivity index (χ1) is 12.6. The second kappa shape index (κ2) is 12.2.